The van der Waals surface area contributed by atoms with Gasteiger partial charge in [0.05, 0.1) is 16.6 Å². The van der Waals surface area contributed by atoms with E-state index in [4.69, 9.17) is 11.6 Å². The molecule has 3 fully saturated rings. The fourth-order valence-electron chi connectivity index (χ4n) is 6.79. The quantitative estimate of drug-likeness (QED) is 0.655. The summed E-state index contributed by atoms with van der Waals surface area (Å²) in [5.41, 5.74) is -0.202. The Kier molecular flexibility index (Phi) is 3.46. The molecule has 0 aromatic carbocycles. The van der Waals surface area contributed by atoms with Gasteiger partial charge in [-0.1, -0.05) is 19.4 Å². The molecule has 24 heavy (non-hydrogen) atoms. The third-order valence-electron chi connectivity index (χ3n) is 8.60. The number of allylic oxidation sites excluding steroid dienone is 1. The average molecular weight is 353 g/mol. The van der Waals surface area contributed by atoms with Crippen LogP contribution in [0.5, 0.6) is 0 Å². The van der Waals surface area contributed by atoms with Gasteiger partial charge in [-0.3, -0.25) is 4.79 Å². The lowest BCUT2D eigenvalue weighted by atomic mass is 9.45. The molecule has 4 heteroatoms. The summed E-state index contributed by atoms with van der Waals surface area (Å²) in [5.74, 6) is 0.724. The fraction of sp³-hybridized carbons (Fsp3) is 0.850. The maximum atomic E-state index is 11.9. The summed E-state index contributed by atoms with van der Waals surface area (Å²) in [6.07, 6.45) is 6.50. The monoisotopic (exact) mass is 352 g/mol. The number of hydrogen-bond donors (Lipinski definition) is 2. The van der Waals surface area contributed by atoms with Crippen LogP contribution in [0.3, 0.4) is 0 Å². The molecule has 0 heterocycles. The van der Waals surface area contributed by atoms with Crippen LogP contribution in [0.4, 0.5) is 0 Å². The van der Waals surface area contributed by atoms with Crippen molar-refractivity contribution < 1.29 is 15.0 Å². The molecule has 0 saturated heterocycles. The molecule has 0 spiro atoms. The molecule has 4 aliphatic rings. The molecular formula is C20H29ClO3. The second-order valence-electron chi connectivity index (χ2n) is 9.44. The first-order valence-electron chi connectivity index (χ1n) is 9.39. The van der Waals surface area contributed by atoms with Gasteiger partial charge in [0.25, 0.3) is 0 Å². The van der Waals surface area contributed by atoms with Gasteiger partial charge in [0.1, 0.15) is 0 Å². The molecule has 0 aliphatic heterocycles. The molecule has 0 bridgehead atoms. The van der Waals surface area contributed by atoms with Crippen molar-refractivity contribution in [3.63, 3.8) is 0 Å². The van der Waals surface area contributed by atoms with Gasteiger partial charge in [-0.2, -0.15) is 0 Å². The number of ketones is 1. The summed E-state index contributed by atoms with van der Waals surface area (Å²) in [7, 11) is 0. The summed E-state index contributed by atoms with van der Waals surface area (Å²) < 4.78 is 0. The number of carbonyl (C=O) groups excluding carboxylic acids is 1. The van der Waals surface area contributed by atoms with Gasteiger partial charge in [0.2, 0.25) is 0 Å². The van der Waals surface area contributed by atoms with E-state index in [2.05, 4.69) is 13.8 Å². The first-order chi connectivity index (χ1) is 11.1. The van der Waals surface area contributed by atoms with Crippen LogP contribution in [0.2, 0.25) is 0 Å². The van der Waals surface area contributed by atoms with Crippen molar-refractivity contribution in [3.05, 3.63) is 11.6 Å². The zero-order chi connectivity index (χ0) is 17.5. The molecule has 0 unspecified atom stereocenters. The van der Waals surface area contributed by atoms with Gasteiger partial charge in [-0.15, -0.1) is 11.6 Å². The number of carbonyl (C=O) groups is 1. The second kappa shape index (κ2) is 4.86. The fourth-order valence-corrected chi connectivity index (χ4v) is 7.35. The van der Waals surface area contributed by atoms with Gasteiger partial charge in [-0.25, -0.2) is 0 Å². The largest absolute Gasteiger partial charge is 0.391 e. The van der Waals surface area contributed by atoms with Crippen LogP contribution in [0.25, 0.3) is 0 Å². The zero-order valence-electron chi connectivity index (χ0n) is 14.9. The first-order valence-corrected chi connectivity index (χ1v) is 9.77. The molecule has 3 saturated carbocycles. The average Bonchev–Trinajstić information content (AvgIpc) is 2.72. The number of halogens is 1. The molecule has 3 nitrogen and oxygen atoms in total. The van der Waals surface area contributed by atoms with Gasteiger partial charge >= 0.3 is 0 Å². The Hall–Kier alpha value is -0.380. The van der Waals surface area contributed by atoms with Crippen LogP contribution in [0, 0.1) is 22.7 Å². The highest BCUT2D eigenvalue weighted by molar-refractivity contribution is 6.26. The van der Waals surface area contributed by atoms with Gasteiger partial charge in [-0.05, 0) is 63.4 Å². The Balaban J connectivity index is 1.82. The lowest BCUT2D eigenvalue weighted by Gasteiger charge is -2.64. The van der Waals surface area contributed by atoms with E-state index >= 15 is 0 Å². The van der Waals surface area contributed by atoms with Crippen LogP contribution in [-0.2, 0) is 4.79 Å². The second-order valence-corrected chi connectivity index (χ2v) is 10.1. The third-order valence-corrected chi connectivity index (χ3v) is 9.55. The van der Waals surface area contributed by atoms with E-state index in [9.17, 15) is 15.0 Å². The van der Waals surface area contributed by atoms with Crippen molar-refractivity contribution in [1.29, 1.82) is 0 Å². The Morgan fingerprint density at radius 1 is 1.12 bits per heavy atom. The molecule has 134 valence electrons. The van der Waals surface area contributed by atoms with Crippen molar-refractivity contribution in [3.8, 4) is 0 Å². The summed E-state index contributed by atoms with van der Waals surface area (Å²) >= 11 is 7.33. The zero-order valence-corrected chi connectivity index (χ0v) is 15.7. The van der Waals surface area contributed by atoms with Crippen molar-refractivity contribution in [2.24, 2.45) is 22.7 Å². The standard InChI is InChI=1S/C20H29ClO3/c1-17-8-6-13(22)10-12(17)4-5-15-14-7-9-19(3,24)18(14,2)11-16(23)20(15,17)21/h10,14-16,23-24H,4-9,11H2,1-3H3/t14-,15-,16+,17-,18-,19+,20-/m0/s1. The highest BCUT2D eigenvalue weighted by atomic mass is 35.5. The van der Waals surface area contributed by atoms with Crippen LogP contribution >= 0.6 is 11.6 Å². The van der Waals surface area contributed by atoms with E-state index in [0.29, 0.717) is 18.8 Å². The SMILES string of the molecule is C[C@]12CCC(=O)C=C1CC[C@H]1[C@@H]3CC[C@@](C)(O)[C@@]3(C)C[C@@H](O)[C@@]12Cl. The number of hydrogen-bond acceptors (Lipinski definition) is 3. The summed E-state index contributed by atoms with van der Waals surface area (Å²) in [6, 6.07) is 0. The first kappa shape index (κ1) is 17.1. The van der Waals surface area contributed by atoms with Crippen LogP contribution in [0.15, 0.2) is 11.6 Å². The summed E-state index contributed by atoms with van der Waals surface area (Å²) in [5, 5.41) is 22.2. The Bertz CT molecular complexity index is 626. The molecule has 4 aliphatic carbocycles. The van der Waals surface area contributed by atoms with Crippen molar-refractivity contribution in [2.75, 3.05) is 0 Å². The minimum Gasteiger partial charge on any atom is -0.391 e. The van der Waals surface area contributed by atoms with E-state index in [1.165, 1.54) is 0 Å². The summed E-state index contributed by atoms with van der Waals surface area (Å²) in [4.78, 5) is 11.2. The molecule has 7 atom stereocenters. The van der Waals surface area contributed by atoms with Gasteiger partial charge in [0, 0.05) is 17.3 Å². The maximum absolute atomic E-state index is 11.9. The minimum absolute atomic E-state index is 0.192. The molecule has 2 N–H and O–H groups in total. The van der Waals surface area contributed by atoms with Crippen LogP contribution < -0.4 is 0 Å². The number of fused-ring (bicyclic) bond motifs is 5. The normalized spacial score (nSPS) is 57.0. The van der Waals surface area contributed by atoms with Crippen molar-refractivity contribution in [1.82, 2.24) is 0 Å². The predicted molar refractivity (Wildman–Crippen MR) is 93.8 cm³/mol. The molecule has 4 rings (SSSR count). The van der Waals surface area contributed by atoms with Crippen LogP contribution in [0.1, 0.15) is 65.7 Å². The van der Waals surface area contributed by atoms with E-state index in [-0.39, 0.29) is 22.5 Å². The molecule has 0 amide bonds. The number of alkyl halides is 1. The van der Waals surface area contributed by atoms with E-state index in [0.717, 1.165) is 37.7 Å². The van der Waals surface area contributed by atoms with Gasteiger partial charge in [0.15, 0.2) is 5.78 Å². The number of aliphatic hydroxyl groups excluding tert-OH is 1. The van der Waals surface area contributed by atoms with E-state index in [1.54, 1.807) is 6.08 Å². The Labute approximate surface area is 149 Å². The maximum Gasteiger partial charge on any atom is 0.155 e. The van der Waals surface area contributed by atoms with E-state index < -0.39 is 16.6 Å². The van der Waals surface area contributed by atoms with Crippen molar-refractivity contribution >= 4 is 17.4 Å². The minimum atomic E-state index is -0.740. The number of rotatable bonds is 0. The Morgan fingerprint density at radius 2 is 1.83 bits per heavy atom. The topological polar surface area (TPSA) is 57.5 Å². The summed E-state index contributed by atoms with van der Waals surface area (Å²) in [6.45, 7) is 6.22. The van der Waals surface area contributed by atoms with Crippen LogP contribution in [-0.4, -0.2) is 32.6 Å². The molecule has 0 aromatic heterocycles. The highest BCUT2D eigenvalue weighted by Crippen LogP contribution is 2.70. The Morgan fingerprint density at radius 3 is 2.54 bits per heavy atom. The molecular weight excluding hydrogens is 324 g/mol. The van der Waals surface area contributed by atoms with Gasteiger partial charge < -0.3 is 10.2 Å². The van der Waals surface area contributed by atoms with E-state index in [1.807, 2.05) is 6.92 Å². The molecule has 0 aromatic rings. The predicted octanol–water partition coefficient (Wildman–Crippen LogP) is 3.60. The highest BCUT2D eigenvalue weighted by Gasteiger charge is 2.71. The van der Waals surface area contributed by atoms with Crippen molar-refractivity contribution in [2.45, 2.75) is 82.3 Å². The molecule has 0 radical (unpaired) electrons. The smallest absolute Gasteiger partial charge is 0.155 e. The lowest BCUT2D eigenvalue weighted by molar-refractivity contribution is -0.154. The lowest BCUT2D eigenvalue weighted by Crippen LogP contribution is -2.67. The third kappa shape index (κ3) is 1.79. The number of aliphatic hydroxyl groups is 2.